The van der Waals surface area contributed by atoms with Crippen LogP contribution in [0.25, 0.3) is 5.78 Å². The summed E-state index contributed by atoms with van der Waals surface area (Å²) in [6.07, 6.45) is 1.44. The van der Waals surface area contributed by atoms with Crippen LogP contribution in [0.4, 0.5) is 0 Å². The Morgan fingerprint density at radius 2 is 2.03 bits per heavy atom. The first-order valence-corrected chi connectivity index (χ1v) is 10.2. The van der Waals surface area contributed by atoms with E-state index in [1.165, 1.54) is 4.90 Å². The molecule has 162 valence electrons. The van der Waals surface area contributed by atoms with Gasteiger partial charge < -0.3 is 14.5 Å². The lowest BCUT2D eigenvalue weighted by atomic mass is 9.98. The summed E-state index contributed by atoms with van der Waals surface area (Å²) in [5, 5.41) is 4.34. The summed E-state index contributed by atoms with van der Waals surface area (Å²) < 4.78 is 6.67. The van der Waals surface area contributed by atoms with Crippen LogP contribution in [0.15, 0.2) is 6.07 Å². The number of rotatable bonds is 6. The first-order valence-electron chi connectivity index (χ1n) is 10.2. The van der Waals surface area contributed by atoms with Crippen LogP contribution in [0.1, 0.15) is 37.0 Å². The monoisotopic (exact) mass is 416 g/mol. The molecule has 10 heteroatoms. The Kier molecular flexibility index (Phi) is 6.63. The molecule has 1 atom stereocenters. The van der Waals surface area contributed by atoms with Crippen LogP contribution in [-0.2, 0) is 25.5 Å². The van der Waals surface area contributed by atoms with Gasteiger partial charge in [-0.25, -0.2) is 9.50 Å². The third-order valence-electron chi connectivity index (χ3n) is 5.16. The zero-order valence-electron chi connectivity index (χ0n) is 17.9. The molecule has 0 aromatic carbocycles. The molecule has 0 aliphatic carbocycles. The number of hydrogen-bond donors (Lipinski definition) is 0. The molecule has 3 rings (SSSR count). The molecule has 1 aliphatic rings. The van der Waals surface area contributed by atoms with Gasteiger partial charge >= 0.3 is 5.97 Å². The lowest BCUT2D eigenvalue weighted by molar-refractivity contribution is -0.152. The van der Waals surface area contributed by atoms with Crippen LogP contribution in [0.2, 0.25) is 0 Å². The van der Waals surface area contributed by atoms with E-state index in [-0.39, 0.29) is 36.7 Å². The standard InChI is InChI=1S/C20H28N6O4/c1-5-30-19(29)15-7-6-8-25(11-15)18(28)12-24(4)17(27)10-16-22-20-21-13(2)9-14(3)26(20)23-16/h9,15H,5-8,10-12H2,1-4H3. The van der Waals surface area contributed by atoms with Crippen LogP contribution < -0.4 is 0 Å². The highest BCUT2D eigenvalue weighted by Crippen LogP contribution is 2.18. The molecule has 0 spiro atoms. The van der Waals surface area contributed by atoms with E-state index in [9.17, 15) is 14.4 Å². The molecule has 30 heavy (non-hydrogen) atoms. The van der Waals surface area contributed by atoms with E-state index in [4.69, 9.17) is 4.74 Å². The number of likely N-dealkylation sites (tertiary alicyclic amines) is 1. The predicted octanol–water partition coefficient (Wildman–Crippen LogP) is 0.544. The minimum Gasteiger partial charge on any atom is -0.466 e. The van der Waals surface area contributed by atoms with Gasteiger partial charge in [0.2, 0.25) is 11.8 Å². The van der Waals surface area contributed by atoms with Gasteiger partial charge in [-0.15, -0.1) is 5.10 Å². The average Bonchev–Trinajstić information content (AvgIpc) is 3.10. The lowest BCUT2D eigenvalue weighted by Gasteiger charge is -2.32. The average molecular weight is 416 g/mol. The van der Waals surface area contributed by atoms with Crippen LogP contribution in [0, 0.1) is 19.8 Å². The molecule has 3 heterocycles. The number of aryl methyl sites for hydroxylation is 2. The SMILES string of the molecule is CCOC(=O)C1CCCN(C(=O)CN(C)C(=O)Cc2nc3nc(C)cc(C)n3n2)C1. The Hall–Kier alpha value is -3.04. The molecule has 2 aromatic heterocycles. The van der Waals surface area contributed by atoms with E-state index in [0.717, 1.165) is 17.8 Å². The Bertz CT molecular complexity index is 956. The molecule has 2 amide bonds. The van der Waals surface area contributed by atoms with Crippen molar-refractivity contribution >= 4 is 23.6 Å². The fraction of sp³-hybridized carbons (Fsp3) is 0.600. The maximum Gasteiger partial charge on any atom is 0.310 e. The van der Waals surface area contributed by atoms with Gasteiger partial charge in [0.1, 0.15) is 0 Å². The molecule has 0 bridgehead atoms. The molecular weight excluding hydrogens is 388 g/mol. The van der Waals surface area contributed by atoms with Crippen molar-refractivity contribution in [3.05, 3.63) is 23.3 Å². The number of nitrogens with zero attached hydrogens (tertiary/aromatic N) is 6. The second-order valence-electron chi connectivity index (χ2n) is 7.64. The summed E-state index contributed by atoms with van der Waals surface area (Å²) >= 11 is 0. The number of hydrogen-bond acceptors (Lipinski definition) is 7. The summed E-state index contributed by atoms with van der Waals surface area (Å²) in [7, 11) is 1.58. The number of carbonyl (C=O) groups excluding carboxylic acids is 3. The van der Waals surface area contributed by atoms with Crippen molar-refractivity contribution in [3.8, 4) is 0 Å². The van der Waals surface area contributed by atoms with Gasteiger partial charge in [-0.1, -0.05) is 0 Å². The van der Waals surface area contributed by atoms with Crippen LogP contribution >= 0.6 is 0 Å². The van der Waals surface area contributed by atoms with Crippen LogP contribution in [-0.4, -0.2) is 80.5 Å². The molecule has 1 aliphatic heterocycles. The number of ether oxygens (including phenoxy) is 1. The van der Waals surface area contributed by atoms with Gasteiger partial charge in [-0.05, 0) is 39.7 Å². The zero-order valence-corrected chi connectivity index (χ0v) is 17.9. The Labute approximate surface area is 175 Å². The first-order chi connectivity index (χ1) is 14.3. The Morgan fingerprint density at radius 1 is 1.27 bits per heavy atom. The summed E-state index contributed by atoms with van der Waals surface area (Å²) in [5.41, 5.74) is 1.71. The van der Waals surface area contributed by atoms with Gasteiger partial charge in [-0.2, -0.15) is 4.98 Å². The lowest BCUT2D eigenvalue weighted by Crippen LogP contribution is -2.47. The highest BCUT2D eigenvalue weighted by Gasteiger charge is 2.30. The highest BCUT2D eigenvalue weighted by molar-refractivity contribution is 5.86. The number of esters is 1. The fourth-order valence-electron chi connectivity index (χ4n) is 3.60. The molecule has 2 aromatic rings. The molecule has 1 saturated heterocycles. The van der Waals surface area contributed by atoms with Crippen molar-refractivity contribution in [2.45, 2.75) is 40.0 Å². The fourth-order valence-corrected chi connectivity index (χ4v) is 3.60. The highest BCUT2D eigenvalue weighted by atomic mass is 16.5. The summed E-state index contributed by atoms with van der Waals surface area (Å²) in [6.45, 7) is 6.71. The first kappa shape index (κ1) is 21.7. The minimum absolute atomic E-state index is 0.0168. The van der Waals surface area contributed by atoms with Gasteiger partial charge in [0.05, 0.1) is 25.5 Å². The van der Waals surface area contributed by atoms with E-state index in [2.05, 4.69) is 15.1 Å². The summed E-state index contributed by atoms with van der Waals surface area (Å²) in [4.78, 5) is 48.9. The van der Waals surface area contributed by atoms with Crippen molar-refractivity contribution in [1.82, 2.24) is 29.4 Å². The minimum atomic E-state index is -0.301. The van der Waals surface area contributed by atoms with E-state index < -0.39 is 0 Å². The number of carbonyl (C=O) groups is 3. The number of likely N-dealkylation sites (N-methyl/N-ethyl adjacent to an activating group) is 1. The maximum absolute atomic E-state index is 12.6. The topological polar surface area (TPSA) is 110 Å². The van der Waals surface area contributed by atoms with Gasteiger partial charge in [0.15, 0.2) is 5.82 Å². The zero-order chi connectivity index (χ0) is 21.8. The maximum atomic E-state index is 12.6. The van der Waals surface area contributed by atoms with Gasteiger partial charge in [-0.3, -0.25) is 14.4 Å². The van der Waals surface area contributed by atoms with Crippen molar-refractivity contribution in [2.24, 2.45) is 5.92 Å². The predicted molar refractivity (Wildman–Crippen MR) is 108 cm³/mol. The van der Waals surface area contributed by atoms with Crippen LogP contribution in [0.3, 0.4) is 0 Å². The normalized spacial score (nSPS) is 16.5. The van der Waals surface area contributed by atoms with E-state index in [1.807, 2.05) is 19.9 Å². The van der Waals surface area contributed by atoms with Gasteiger partial charge in [0.25, 0.3) is 5.78 Å². The van der Waals surface area contributed by atoms with E-state index >= 15 is 0 Å². The number of piperidine rings is 1. The molecule has 0 N–H and O–H groups in total. The van der Waals surface area contributed by atoms with Crippen LogP contribution in [0.5, 0.6) is 0 Å². The Morgan fingerprint density at radius 3 is 2.77 bits per heavy atom. The van der Waals surface area contributed by atoms with Gasteiger partial charge in [0, 0.05) is 31.5 Å². The number of aromatic nitrogens is 4. The van der Waals surface area contributed by atoms with Crippen molar-refractivity contribution in [1.29, 1.82) is 0 Å². The second-order valence-corrected chi connectivity index (χ2v) is 7.64. The molecular formula is C20H28N6O4. The van der Waals surface area contributed by atoms with E-state index in [1.54, 1.807) is 23.4 Å². The van der Waals surface area contributed by atoms with Crippen molar-refractivity contribution < 1.29 is 19.1 Å². The molecule has 0 saturated carbocycles. The molecule has 1 unspecified atom stereocenters. The second kappa shape index (κ2) is 9.19. The largest absolute Gasteiger partial charge is 0.466 e. The van der Waals surface area contributed by atoms with Crippen molar-refractivity contribution in [2.75, 3.05) is 33.3 Å². The molecule has 0 radical (unpaired) electrons. The molecule has 1 fully saturated rings. The third kappa shape index (κ3) is 4.92. The Balaban J connectivity index is 1.58. The number of amides is 2. The van der Waals surface area contributed by atoms with E-state index in [0.29, 0.717) is 37.7 Å². The van der Waals surface area contributed by atoms with Crippen molar-refractivity contribution in [3.63, 3.8) is 0 Å². The number of fused-ring (bicyclic) bond motifs is 1. The summed E-state index contributed by atoms with van der Waals surface area (Å²) in [6, 6.07) is 1.89. The quantitative estimate of drug-likeness (QED) is 0.632. The molecule has 10 nitrogen and oxygen atoms in total. The summed E-state index contributed by atoms with van der Waals surface area (Å²) in [5.74, 6) is -0.196. The smallest absolute Gasteiger partial charge is 0.310 e. The third-order valence-corrected chi connectivity index (χ3v) is 5.16.